The lowest BCUT2D eigenvalue weighted by atomic mass is 9.99. The smallest absolute Gasteiger partial charge is 0.124 e. The zero-order valence-electron chi connectivity index (χ0n) is 10.9. The minimum absolute atomic E-state index is 0.133. The molecule has 0 aliphatic rings. The number of halogens is 2. The molecule has 19 heavy (non-hydrogen) atoms. The fraction of sp³-hybridized carbons (Fsp3) is 0.250. The van der Waals surface area contributed by atoms with Crippen LogP contribution >= 0.6 is 11.6 Å². The van der Waals surface area contributed by atoms with Crippen LogP contribution in [0.2, 0.25) is 5.02 Å². The third kappa shape index (κ3) is 3.79. The molecule has 1 nitrogen and oxygen atoms in total. The molecule has 0 bridgehead atoms. The molecule has 0 heterocycles. The molecule has 0 saturated heterocycles. The van der Waals surface area contributed by atoms with E-state index in [2.05, 4.69) is 17.4 Å². The van der Waals surface area contributed by atoms with Crippen molar-refractivity contribution in [2.75, 3.05) is 7.05 Å². The summed E-state index contributed by atoms with van der Waals surface area (Å²) in [5, 5.41) is 3.72. The second-order valence-corrected chi connectivity index (χ2v) is 4.94. The van der Waals surface area contributed by atoms with Gasteiger partial charge in [-0.3, -0.25) is 0 Å². The molecule has 2 rings (SSSR count). The van der Waals surface area contributed by atoms with Crippen molar-refractivity contribution in [2.24, 2.45) is 0 Å². The van der Waals surface area contributed by atoms with Gasteiger partial charge in [0, 0.05) is 11.1 Å². The summed E-state index contributed by atoms with van der Waals surface area (Å²) in [5.41, 5.74) is 2.24. The minimum atomic E-state index is -0.299. The van der Waals surface area contributed by atoms with Gasteiger partial charge >= 0.3 is 0 Å². The number of hydrogen-bond acceptors (Lipinski definition) is 1. The first-order valence-corrected chi connectivity index (χ1v) is 6.74. The summed E-state index contributed by atoms with van der Waals surface area (Å²) < 4.78 is 13.1. The standard InChI is InChI=1S/C16H17ClFN/c1-19-16(10-7-12-5-3-2-4-6-12)14-9-8-13(18)11-15(14)17/h2-6,8-9,11,16,19H,7,10H2,1H3. The highest BCUT2D eigenvalue weighted by Gasteiger charge is 2.13. The van der Waals surface area contributed by atoms with E-state index in [0.29, 0.717) is 5.02 Å². The van der Waals surface area contributed by atoms with Crippen molar-refractivity contribution in [1.82, 2.24) is 5.32 Å². The van der Waals surface area contributed by atoms with Gasteiger partial charge in [0.25, 0.3) is 0 Å². The molecular formula is C16H17ClFN. The zero-order chi connectivity index (χ0) is 13.7. The Morgan fingerprint density at radius 1 is 1.16 bits per heavy atom. The minimum Gasteiger partial charge on any atom is -0.313 e. The largest absolute Gasteiger partial charge is 0.313 e. The van der Waals surface area contributed by atoms with Gasteiger partial charge in [0.2, 0.25) is 0 Å². The predicted molar refractivity (Wildman–Crippen MR) is 78.0 cm³/mol. The maximum atomic E-state index is 13.1. The first-order chi connectivity index (χ1) is 9.20. The highest BCUT2D eigenvalue weighted by molar-refractivity contribution is 6.31. The Morgan fingerprint density at radius 3 is 2.53 bits per heavy atom. The Hall–Kier alpha value is -1.38. The Morgan fingerprint density at radius 2 is 1.89 bits per heavy atom. The van der Waals surface area contributed by atoms with Crippen molar-refractivity contribution in [2.45, 2.75) is 18.9 Å². The maximum absolute atomic E-state index is 13.1. The average Bonchev–Trinajstić information content (AvgIpc) is 2.42. The van der Waals surface area contributed by atoms with Gasteiger partial charge < -0.3 is 5.32 Å². The Balaban J connectivity index is 2.08. The van der Waals surface area contributed by atoms with Gasteiger partial charge in [-0.1, -0.05) is 48.0 Å². The normalized spacial score (nSPS) is 12.4. The Kier molecular flexibility index (Phi) is 4.94. The lowest BCUT2D eigenvalue weighted by molar-refractivity contribution is 0.547. The molecule has 0 saturated carbocycles. The Labute approximate surface area is 118 Å². The van der Waals surface area contributed by atoms with Crippen molar-refractivity contribution in [3.05, 3.63) is 70.5 Å². The molecule has 1 atom stereocenters. The summed E-state index contributed by atoms with van der Waals surface area (Å²) in [6.45, 7) is 0. The number of nitrogens with one attached hydrogen (secondary N) is 1. The first kappa shape index (κ1) is 14.0. The quantitative estimate of drug-likeness (QED) is 0.856. The summed E-state index contributed by atoms with van der Waals surface area (Å²) in [5.74, 6) is -0.299. The number of benzene rings is 2. The first-order valence-electron chi connectivity index (χ1n) is 6.37. The second-order valence-electron chi connectivity index (χ2n) is 4.53. The van der Waals surface area contributed by atoms with E-state index >= 15 is 0 Å². The van der Waals surface area contributed by atoms with Crippen molar-refractivity contribution in [3.8, 4) is 0 Å². The van der Waals surface area contributed by atoms with E-state index < -0.39 is 0 Å². The zero-order valence-corrected chi connectivity index (χ0v) is 11.6. The molecule has 0 aromatic heterocycles. The van der Waals surface area contributed by atoms with Gasteiger partial charge in [-0.05, 0) is 43.1 Å². The van der Waals surface area contributed by atoms with Crippen LogP contribution in [0.5, 0.6) is 0 Å². The predicted octanol–water partition coefficient (Wildman–Crippen LogP) is 4.37. The van der Waals surface area contributed by atoms with E-state index in [9.17, 15) is 4.39 Å². The molecule has 2 aromatic rings. The molecule has 1 unspecified atom stereocenters. The molecule has 0 aliphatic carbocycles. The SMILES string of the molecule is CNC(CCc1ccccc1)c1ccc(F)cc1Cl. The van der Waals surface area contributed by atoms with Crippen molar-refractivity contribution >= 4 is 11.6 Å². The summed E-state index contributed by atoms with van der Waals surface area (Å²) in [6, 6.07) is 15.0. The summed E-state index contributed by atoms with van der Waals surface area (Å²) in [7, 11) is 1.90. The van der Waals surface area contributed by atoms with Crippen LogP contribution in [0, 0.1) is 5.82 Å². The molecule has 0 spiro atoms. The van der Waals surface area contributed by atoms with E-state index in [1.54, 1.807) is 6.07 Å². The monoisotopic (exact) mass is 277 g/mol. The van der Waals surface area contributed by atoms with Crippen LogP contribution in [0.4, 0.5) is 4.39 Å². The van der Waals surface area contributed by atoms with Gasteiger partial charge in [0.05, 0.1) is 0 Å². The molecule has 2 aromatic carbocycles. The fourth-order valence-corrected chi connectivity index (χ4v) is 2.49. The maximum Gasteiger partial charge on any atom is 0.124 e. The van der Waals surface area contributed by atoms with Gasteiger partial charge in [-0.2, -0.15) is 0 Å². The fourth-order valence-electron chi connectivity index (χ4n) is 2.20. The number of hydrogen-bond donors (Lipinski definition) is 1. The molecule has 0 radical (unpaired) electrons. The molecule has 0 fully saturated rings. The van der Waals surface area contributed by atoms with Crippen LogP contribution in [0.3, 0.4) is 0 Å². The van der Waals surface area contributed by atoms with E-state index in [1.807, 2.05) is 25.2 Å². The van der Waals surface area contributed by atoms with Gasteiger partial charge in [0.15, 0.2) is 0 Å². The highest BCUT2D eigenvalue weighted by Crippen LogP contribution is 2.26. The summed E-state index contributed by atoms with van der Waals surface area (Å²) >= 11 is 6.10. The molecule has 0 amide bonds. The molecule has 1 N–H and O–H groups in total. The van der Waals surface area contributed by atoms with E-state index in [1.165, 1.54) is 17.7 Å². The highest BCUT2D eigenvalue weighted by atomic mass is 35.5. The van der Waals surface area contributed by atoms with Crippen LogP contribution in [0.25, 0.3) is 0 Å². The third-order valence-corrected chi connectivity index (χ3v) is 3.58. The molecule has 100 valence electrons. The topological polar surface area (TPSA) is 12.0 Å². The van der Waals surface area contributed by atoms with Crippen LogP contribution in [0.15, 0.2) is 48.5 Å². The van der Waals surface area contributed by atoms with Gasteiger partial charge in [-0.15, -0.1) is 0 Å². The lowest BCUT2D eigenvalue weighted by Gasteiger charge is -2.18. The third-order valence-electron chi connectivity index (χ3n) is 3.25. The van der Waals surface area contributed by atoms with Crippen LogP contribution in [0.1, 0.15) is 23.6 Å². The van der Waals surface area contributed by atoms with Gasteiger partial charge in [-0.25, -0.2) is 4.39 Å². The van der Waals surface area contributed by atoms with Gasteiger partial charge in [0.1, 0.15) is 5.82 Å². The van der Waals surface area contributed by atoms with E-state index in [4.69, 9.17) is 11.6 Å². The molecular weight excluding hydrogens is 261 g/mol. The van der Waals surface area contributed by atoms with E-state index in [-0.39, 0.29) is 11.9 Å². The van der Waals surface area contributed by atoms with Crippen LogP contribution < -0.4 is 5.32 Å². The van der Waals surface area contributed by atoms with Crippen LogP contribution in [-0.2, 0) is 6.42 Å². The number of rotatable bonds is 5. The second kappa shape index (κ2) is 6.69. The van der Waals surface area contributed by atoms with Crippen molar-refractivity contribution in [3.63, 3.8) is 0 Å². The lowest BCUT2D eigenvalue weighted by Crippen LogP contribution is -2.17. The number of aryl methyl sites for hydroxylation is 1. The molecule has 3 heteroatoms. The van der Waals surface area contributed by atoms with E-state index in [0.717, 1.165) is 18.4 Å². The van der Waals surface area contributed by atoms with Crippen molar-refractivity contribution < 1.29 is 4.39 Å². The summed E-state index contributed by atoms with van der Waals surface area (Å²) in [4.78, 5) is 0. The Bertz CT molecular complexity index is 528. The molecule has 0 aliphatic heterocycles. The van der Waals surface area contributed by atoms with Crippen LogP contribution in [-0.4, -0.2) is 7.05 Å². The van der Waals surface area contributed by atoms with Crippen molar-refractivity contribution in [1.29, 1.82) is 0 Å². The average molecular weight is 278 g/mol. The summed E-state index contributed by atoms with van der Waals surface area (Å²) in [6.07, 6.45) is 1.88.